The number of hydrogen-bond acceptors (Lipinski definition) is 2. The number of hydrogen-bond donors (Lipinski definition) is 0. The van der Waals surface area contributed by atoms with Crippen LogP contribution < -0.4 is 4.74 Å². The lowest BCUT2D eigenvalue weighted by Gasteiger charge is -2.17. The Bertz CT molecular complexity index is 362. The van der Waals surface area contributed by atoms with Gasteiger partial charge in [0.15, 0.2) is 0 Å². The molecule has 0 heterocycles. The Kier molecular flexibility index (Phi) is 5.93. The second kappa shape index (κ2) is 7.98. The predicted octanol–water partition coefficient (Wildman–Crippen LogP) is 4.73. The first-order chi connectivity index (χ1) is 9.36. The molecule has 0 spiro atoms. The van der Waals surface area contributed by atoms with Crippen LogP contribution in [0.2, 0.25) is 0 Å². The van der Waals surface area contributed by atoms with Crippen molar-refractivity contribution in [1.82, 2.24) is 0 Å². The maximum Gasteiger partial charge on any atom is 0.314 e. The van der Waals surface area contributed by atoms with E-state index in [4.69, 9.17) is 4.74 Å². The lowest BCUT2D eigenvalue weighted by Crippen LogP contribution is -2.21. The number of carbonyl (C=O) groups excluding carboxylic acids is 1. The van der Waals surface area contributed by atoms with Crippen LogP contribution in [0.5, 0.6) is 5.75 Å². The smallest absolute Gasteiger partial charge is 0.314 e. The van der Waals surface area contributed by atoms with Crippen molar-refractivity contribution in [3.8, 4) is 5.75 Å². The number of para-hydroxylation sites is 1. The van der Waals surface area contributed by atoms with Crippen molar-refractivity contribution >= 4 is 5.97 Å². The Morgan fingerprint density at radius 3 is 1.95 bits per heavy atom. The van der Waals surface area contributed by atoms with E-state index in [0.717, 1.165) is 25.7 Å². The summed E-state index contributed by atoms with van der Waals surface area (Å²) in [4.78, 5) is 12.2. The molecule has 0 bridgehead atoms. The molecule has 0 radical (unpaired) electrons. The van der Waals surface area contributed by atoms with Gasteiger partial charge in [-0.25, -0.2) is 0 Å². The molecule has 1 aliphatic rings. The van der Waals surface area contributed by atoms with E-state index < -0.39 is 0 Å². The summed E-state index contributed by atoms with van der Waals surface area (Å²) in [5.74, 6) is 0.731. The molecule has 1 aromatic rings. The Labute approximate surface area is 116 Å². The molecule has 2 heteroatoms. The summed E-state index contributed by atoms with van der Waals surface area (Å²) in [5.41, 5.74) is 0. The van der Waals surface area contributed by atoms with Crippen LogP contribution in [-0.2, 0) is 4.79 Å². The molecule has 1 aliphatic carbocycles. The second-order valence-electron chi connectivity index (χ2n) is 5.48. The summed E-state index contributed by atoms with van der Waals surface area (Å²) in [5, 5.41) is 0. The van der Waals surface area contributed by atoms with Gasteiger partial charge in [0.2, 0.25) is 0 Å². The molecule has 0 unspecified atom stereocenters. The third-order valence-corrected chi connectivity index (χ3v) is 3.90. The summed E-state index contributed by atoms with van der Waals surface area (Å²) in [6.45, 7) is 0. The van der Waals surface area contributed by atoms with Gasteiger partial charge in [0.25, 0.3) is 0 Å². The third kappa shape index (κ3) is 5.06. The van der Waals surface area contributed by atoms with Crippen LogP contribution >= 0.6 is 0 Å². The van der Waals surface area contributed by atoms with E-state index in [1.165, 1.54) is 32.1 Å². The van der Waals surface area contributed by atoms with Crippen LogP contribution in [0.4, 0.5) is 0 Å². The van der Waals surface area contributed by atoms with Gasteiger partial charge in [0, 0.05) is 0 Å². The molecule has 0 amide bonds. The maximum absolute atomic E-state index is 12.2. The summed E-state index contributed by atoms with van der Waals surface area (Å²) in [7, 11) is 0. The summed E-state index contributed by atoms with van der Waals surface area (Å²) in [6, 6.07) is 9.42. The number of ether oxygens (including phenoxy) is 1. The van der Waals surface area contributed by atoms with E-state index in [0.29, 0.717) is 5.75 Å². The molecule has 1 fully saturated rings. The van der Waals surface area contributed by atoms with Crippen molar-refractivity contribution in [3.63, 3.8) is 0 Å². The lowest BCUT2D eigenvalue weighted by atomic mass is 9.92. The minimum atomic E-state index is -0.0354. The van der Waals surface area contributed by atoms with Crippen molar-refractivity contribution in [1.29, 1.82) is 0 Å². The summed E-state index contributed by atoms with van der Waals surface area (Å²) in [6.07, 6.45) is 10.8. The Morgan fingerprint density at radius 1 is 0.842 bits per heavy atom. The van der Waals surface area contributed by atoms with E-state index in [2.05, 4.69) is 0 Å². The number of benzene rings is 1. The van der Waals surface area contributed by atoms with Gasteiger partial charge in [-0.05, 0) is 25.0 Å². The van der Waals surface area contributed by atoms with Gasteiger partial charge < -0.3 is 4.74 Å². The third-order valence-electron chi connectivity index (χ3n) is 3.90. The number of rotatable bonds is 2. The highest BCUT2D eigenvalue weighted by atomic mass is 16.5. The quantitative estimate of drug-likeness (QED) is 0.567. The standard InChI is InChI=1S/C17H24O2/c18-17(19-16-13-9-6-10-14-16)15-11-7-4-2-1-3-5-8-12-15/h6,9-10,13-15H,1-5,7-8,11-12H2. The van der Waals surface area contributed by atoms with Crippen LogP contribution in [0, 0.1) is 5.92 Å². The van der Waals surface area contributed by atoms with Gasteiger partial charge in [-0.1, -0.05) is 63.1 Å². The van der Waals surface area contributed by atoms with E-state index in [9.17, 15) is 4.79 Å². The fourth-order valence-electron chi connectivity index (χ4n) is 2.73. The van der Waals surface area contributed by atoms with E-state index in [1.54, 1.807) is 0 Å². The molecule has 19 heavy (non-hydrogen) atoms. The molecule has 104 valence electrons. The molecule has 2 nitrogen and oxygen atoms in total. The largest absolute Gasteiger partial charge is 0.426 e. The maximum atomic E-state index is 12.2. The highest BCUT2D eigenvalue weighted by Crippen LogP contribution is 2.23. The second-order valence-corrected chi connectivity index (χ2v) is 5.48. The first-order valence-electron chi connectivity index (χ1n) is 7.63. The highest BCUT2D eigenvalue weighted by molar-refractivity contribution is 5.75. The van der Waals surface area contributed by atoms with Crippen LogP contribution in [0.15, 0.2) is 30.3 Å². The average molecular weight is 260 g/mol. The predicted molar refractivity (Wildman–Crippen MR) is 77.1 cm³/mol. The molecular weight excluding hydrogens is 236 g/mol. The fourth-order valence-corrected chi connectivity index (χ4v) is 2.73. The molecule has 0 atom stereocenters. The van der Waals surface area contributed by atoms with Crippen molar-refractivity contribution in [2.24, 2.45) is 5.92 Å². The van der Waals surface area contributed by atoms with E-state index >= 15 is 0 Å². The Balaban J connectivity index is 1.87. The first kappa shape index (κ1) is 14.1. The van der Waals surface area contributed by atoms with Crippen molar-refractivity contribution in [3.05, 3.63) is 30.3 Å². The molecule has 2 rings (SSSR count). The topological polar surface area (TPSA) is 26.3 Å². The van der Waals surface area contributed by atoms with E-state index in [-0.39, 0.29) is 11.9 Å². The number of esters is 1. The molecule has 0 aromatic heterocycles. The number of carbonyl (C=O) groups is 1. The zero-order chi connectivity index (χ0) is 13.3. The minimum Gasteiger partial charge on any atom is -0.426 e. The molecule has 0 aliphatic heterocycles. The summed E-state index contributed by atoms with van der Waals surface area (Å²) >= 11 is 0. The minimum absolute atomic E-state index is 0.0354. The molecule has 1 aromatic carbocycles. The monoisotopic (exact) mass is 260 g/mol. The van der Waals surface area contributed by atoms with Crippen LogP contribution in [0.25, 0.3) is 0 Å². The van der Waals surface area contributed by atoms with Gasteiger partial charge in [-0.2, -0.15) is 0 Å². The fraction of sp³-hybridized carbons (Fsp3) is 0.588. The van der Waals surface area contributed by atoms with Gasteiger partial charge >= 0.3 is 5.97 Å². The van der Waals surface area contributed by atoms with Crippen molar-refractivity contribution < 1.29 is 9.53 Å². The zero-order valence-corrected chi connectivity index (χ0v) is 11.6. The zero-order valence-electron chi connectivity index (χ0n) is 11.6. The van der Waals surface area contributed by atoms with Crippen molar-refractivity contribution in [2.45, 2.75) is 57.8 Å². The molecule has 1 saturated carbocycles. The molecule has 0 saturated heterocycles. The van der Waals surface area contributed by atoms with Crippen LogP contribution in [0.3, 0.4) is 0 Å². The van der Waals surface area contributed by atoms with Gasteiger partial charge in [0.1, 0.15) is 5.75 Å². The average Bonchev–Trinajstić information content (AvgIpc) is 2.45. The van der Waals surface area contributed by atoms with Crippen LogP contribution in [0.1, 0.15) is 57.8 Å². The SMILES string of the molecule is O=C(Oc1ccccc1)C1CCCCCCCCC1. The first-order valence-corrected chi connectivity index (χ1v) is 7.63. The Hall–Kier alpha value is -1.31. The Morgan fingerprint density at radius 2 is 1.37 bits per heavy atom. The van der Waals surface area contributed by atoms with Crippen LogP contribution in [-0.4, -0.2) is 5.97 Å². The van der Waals surface area contributed by atoms with Gasteiger partial charge in [-0.3, -0.25) is 4.79 Å². The normalized spacial score (nSPS) is 18.7. The molecular formula is C17H24O2. The molecule has 0 N–H and O–H groups in total. The lowest BCUT2D eigenvalue weighted by molar-refractivity contribution is -0.139. The highest BCUT2D eigenvalue weighted by Gasteiger charge is 2.20. The van der Waals surface area contributed by atoms with E-state index in [1.807, 2.05) is 30.3 Å². The van der Waals surface area contributed by atoms with Gasteiger partial charge in [0.05, 0.1) is 5.92 Å². The van der Waals surface area contributed by atoms with Gasteiger partial charge in [-0.15, -0.1) is 0 Å². The summed E-state index contributed by atoms with van der Waals surface area (Å²) < 4.78 is 5.48. The van der Waals surface area contributed by atoms with Crippen molar-refractivity contribution in [2.75, 3.05) is 0 Å².